The second kappa shape index (κ2) is 8.48. The van der Waals surface area contributed by atoms with Crippen LogP contribution in [-0.4, -0.2) is 48.0 Å². The van der Waals surface area contributed by atoms with Crippen LogP contribution in [0.3, 0.4) is 0 Å². The van der Waals surface area contributed by atoms with Crippen molar-refractivity contribution >= 4 is 11.9 Å². The number of aromatic nitrogens is 2. The van der Waals surface area contributed by atoms with E-state index in [1.54, 1.807) is 17.9 Å². The zero-order valence-corrected chi connectivity index (χ0v) is 14.7. The number of nitrogens with zero attached hydrogens (tertiary/aromatic N) is 2. The summed E-state index contributed by atoms with van der Waals surface area (Å²) >= 11 is 0. The lowest BCUT2D eigenvalue weighted by molar-refractivity contribution is 0.0931. The normalized spacial score (nSPS) is 15.3. The zero-order valence-electron chi connectivity index (χ0n) is 14.7. The average Bonchev–Trinajstić information content (AvgIpc) is 3.19. The van der Waals surface area contributed by atoms with Crippen LogP contribution in [0, 0.1) is 0 Å². The summed E-state index contributed by atoms with van der Waals surface area (Å²) < 4.78 is 6.67. The molecule has 1 aromatic carbocycles. The first-order chi connectivity index (χ1) is 12.7. The molecule has 3 N–H and O–H groups in total. The molecular formula is C18H23N5O3. The Morgan fingerprint density at radius 1 is 1.27 bits per heavy atom. The molecule has 0 saturated heterocycles. The Morgan fingerprint density at radius 3 is 2.81 bits per heavy atom. The van der Waals surface area contributed by atoms with Crippen molar-refractivity contribution in [1.29, 1.82) is 0 Å². The molecular weight excluding hydrogens is 334 g/mol. The minimum Gasteiger partial charge on any atom is -0.383 e. The highest BCUT2D eigenvalue weighted by Crippen LogP contribution is 2.16. The standard InChI is InChI=1S/C18H23N5O3/c1-26-8-7-19-17(24)16-10-15-9-14(12-23(15)22-16)21-18(25)20-11-13-5-3-2-4-6-13/h2-6,10,14H,7-9,11-12H2,1H3,(H,19,24)(H2,20,21,25)/t14-/m0/s1. The van der Waals surface area contributed by atoms with E-state index in [1.165, 1.54) is 0 Å². The van der Waals surface area contributed by atoms with Crippen molar-refractivity contribution in [3.8, 4) is 0 Å². The van der Waals surface area contributed by atoms with Crippen LogP contribution >= 0.6 is 0 Å². The fourth-order valence-corrected chi connectivity index (χ4v) is 2.88. The second-order valence-electron chi connectivity index (χ2n) is 6.17. The van der Waals surface area contributed by atoms with E-state index in [2.05, 4.69) is 21.0 Å². The van der Waals surface area contributed by atoms with Gasteiger partial charge < -0.3 is 20.7 Å². The van der Waals surface area contributed by atoms with E-state index >= 15 is 0 Å². The molecule has 2 heterocycles. The van der Waals surface area contributed by atoms with Gasteiger partial charge in [0.25, 0.3) is 5.91 Å². The van der Waals surface area contributed by atoms with Crippen LogP contribution in [0.25, 0.3) is 0 Å². The molecule has 1 aliphatic rings. The van der Waals surface area contributed by atoms with Crippen molar-refractivity contribution in [2.24, 2.45) is 0 Å². The number of methoxy groups -OCH3 is 1. The first-order valence-corrected chi connectivity index (χ1v) is 8.58. The first-order valence-electron chi connectivity index (χ1n) is 8.58. The monoisotopic (exact) mass is 357 g/mol. The molecule has 1 atom stereocenters. The Bertz CT molecular complexity index is 736. The van der Waals surface area contributed by atoms with Gasteiger partial charge in [-0.05, 0) is 11.6 Å². The van der Waals surface area contributed by atoms with Crippen LogP contribution in [0.1, 0.15) is 21.7 Å². The quantitative estimate of drug-likeness (QED) is 0.635. The van der Waals surface area contributed by atoms with Gasteiger partial charge >= 0.3 is 6.03 Å². The van der Waals surface area contributed by atoms with Crippen LogP contribution in [0.4, 0.5) is 4.79 Å². The Balaban J connectivity index is 1.45. The van der Waals surface area contributed by atoms with Gasteiger partial charge in [0, 0.05) is 32.3 Å². The number of rotatable bonds is 7. The smallest absolute Gasteiger partial charge is 0.315 e. The number of urea groups is 1. The predicted molar refractivity (Wildman–Crippen MR) is 95.7 cm³/mol. The number of ether oxygens (including phenoxy) is 1. The van der Waals surface area contributed by atoms with Crippen molar-refractivity contribution in [3.63, 3.8) is 0 Å². The highest BCUT2D eigenvalue weighted by atomic mass is 16.5. The van der Waals surface area contributed by atoms with Crippen molar-refractivity contribution in [1.82, 2.24) is 25.7 Å². The van der Waals surface area contributed by atoms with Gasteiger partial charge in [-0.1, -0.05) is 30.3 Å². The van der Waals surface area contributed by atoms with Crippen LogP contribution in [0.15, 0.2) is 36.4 Å². The molecule has 2 aromatic rings. The lowest BCUT2D eigenvalue weighted by Gasteiger charge is -2.13. The highest BCUT2D eigenvalue weighted by Gasteiger charge is 2.26. The summed E-state index contributed by atoms with van der Waals surface area (Å²) in [5, 5.41) is 12.8. The number of benzene rings is 1. The molecule has 8 nitrogen and oxygen atoms in total. The summed E-state index contributed by atoms with van der Waals surface area (Å²) in [6.45, 7) is 1.95. The summed E-state index contributed by atoms with van der Waals surface area (Å²) in [6, 6.07) is 11.3. The Hall–Kier alpha value is -2.87. The van der Waals surface area contributed by atoms with E-state index < -0.39 is 0 Å². The summed E-state index contributed by atoms with van der Waals surface area (Å²) in [7, 11) is 1.58. The fraction of sp³-hybridized carbons (Fsp3) is 0.389. The predicted octanol–water partition coefficient (Wildman–Crippen LogP) is 0.683. The third-order valence-corrected chi connectivity index (χ3v) is 4.17. The van der Waals surface area contributed by atoms with Crippen LogP contribution in [0.2, 0.25) is 0 Å². The van der Waals surface area contributed by atoms with Gasteiger partial charge in [0.05, 0.1) is 19.2 Å². The number of carbonyl (C=O) groups is 2. The van der Waals surface area contributed by atoms with Gasteiger partial charge in [-0.15, -0.1) is 0 Å². The molecule has 0 saturated carbocycles. The molecule has 0 radical (unpaired) electrons. The number of hydrogen-bond donors (Lipinski definition) is 3. The molecule has 1 aromatic heterocycles. The van der Waals surface area contributed by atoms with Crippen LogP contribution in [0.5, 0.6) is 0 Å². The molecule has 1 aliphatic heterocycles. The third-order valence-electron chi connectivity index (χ3n) is 4.17. The number of carbonyl (C=O) groups excluding carboxylic acids is 2. The summed E-state index contributed by atoms with van der Waals surface area (Å²) in [5.74, 6) is -0.214. The van der Waals surface area contributed by atoms with Gasteiger partial charge in [0.2, 0.25) is 0 Å². The van der Waals surface area contributed by atoms with E-state index in [1.807, 2.05) is 30.3 Å². The first kappa shape index (κ1) is 17.9. The SMILES string of the molecule is COCCNC(=O)c1cc2n(n1)C[C@@H](NC(=O)NCc1ccccc1)C2. The lowest BCUT2D eigenvalue weighted by atomic mass is 10.2. The summed E-state index contributed by atoms with van der Waals surface area (Å²) in [6.07, 6.45) is 0.650. The highest BCUT2D eigenvalue weighted by molar-refractivity contribution is 5.92. The number of hydrogen-bond acceptors (Lipinski definition) is 4. The van der Waals surface area contributed by atoms with Crippen LogP contribution < -0.4 is 16.0 Å². The lowest BCUT2D eigenvalue weighted by Crippen LogP contribution is -2.42. The third kappa shape index (κ3) is 4.60. The maximum Gasteiger partial charge on any atom is 0.315 e. The van der Waals surface area contributed by atoms with E-state index in [-0.39, 0.29) is 18.0 Å². The number of fused-ring (bicyclic) bond motifs is 1. The summed E-state index contributed by atoms with van der Waals surface area (Å²) in [5.41, 5.74) is 2.38. The Morgan fingerprint density at radius 2 is 2.08 bits per heavy atom. The molecule has 0 fully saturated rings. The van der Waals surface area contributed by atoms with E-state index in [0.717, 1.165) is 11.3 Å². The molecule has 26 heavy (non-hydrogen) atoms. The van der Waals surface area contributed by atoms with Crippen molar-refractivity contribution < 1.29 is 14.3 Å². The molecule has 8 heteroatoms. The minimum absolute atomic E-state index is 0.0288. The molecule has 0 bridgehead atoms. The zero-order chi connectivity index (χ0) is 18.4. The number of nitrogens with one attached hydrogen (secondary N) is 3. The molecule has 3 amide bonds. The van der Waals surface area contributed by atoms with Gasteiger partial charge in [0.15, 0.2) is 0 Å². The maximum atomic E-state index is 12.0. The van der Waals surface area contributed by atoms with E-state index in [0.29, 0.717) is 38.4 Å². The molecule has 0 aliphatic carbocycles. The molecule has 0 unspecified atom stereocenters. The van der Waals surface area contributed by atoms with Gasteiger partial charge in [-0.2, -0.15) is 5.10 Å². The van der Waals surface area contributed by atoms with Crippen molar-refractivity contribution in [2.45, 2.75) is 25.6 Å². The average molecular weight is 357 g/mol. The van der Waals surface area contributed by atoms with Gasteiger partial charge in [-0.25, -0.2) is 4.79 Å². The Kier molecular flexibility index (Phi) is 5.85. The molecule has 0 spiro atoms. The van der Waals surface area contributed by atoms with E-state index in [9.17, 15) is 9.59 Å². The second-order valence-corrected chi connectivity index (χ2v) is 6.17. The molecule has 138 valence electrons. The van der Waals surface area contributed by atoms with Crippen molar-refractivity contribution in [2.75, 3.05) is 20.3 Å². The van der Waals surface area contributed by atoms with Gasteiger partial charge in [-0.3, -0.25) is 9.48 Å². The van der Waals surface area contributed by atoms with Crippen LogP contribution in [-0.2, 0) is 24.2 Å². The fourth-order valence-electron chi connectivity index (χ4n) is 2.88. The molecule has 3 rings (SSSR count). The largest absolute Gasteiger partial charge is 0.383 e. The summed E-state index contributed by atoms with van der Waals surface area (Å²) in [4.78, 5) is 24.0. The Labute approximate surface area is 151 Å². The minimum atomic E-state index is -0.214. The maximum absolute atomic E-state index is 12.0. The van der Waals surface area contributed by atoms with Crippen molar-refractivity contribution in [3.05, 3.63) is 53.3 Å². The van der Waals surface area contributed by atoms with Gasteiger partial charge in [0.1, 0.15) is 5.69 Å². The topological polar surface area (TPSA) is 97.3 Å². The van der Waals surface area contributed by atoms with E-state index in [4.69, 9.17) is 4.74 Å². The number of amides is 3.